The van der Waals surface area contributed by atoms with Gasteiger partial charge >= 0.3 is 0 Å². The third-order valence-corrected chi connectivity index (χ3v) is 16.8. The Labute approximate surface area is 424 Å². The predicted molar refractivity (Wildman–Crippen MR) is 295 cm³/mol. The Kier molecular flexibility index (Phi) is 14.4. The number of fused-ring (bicyclic) bond motifs is 2. The van der Waals surface area contributed by atoms with E-state index in [0.717, 1.165) is 55.3 Å². The van der Waals surface area contributed by atoms with E-state index in [9.17, 15) is 19.2 Å². The minimum absolute atomic E-state index is 0.152. The van der Waals surface area contributed by atoms with Crippen molar-refractivity contribution >= 4 is 57.0 Å². The predicted octanol–water partition coefficient (Wildman–Crippen LogP) is 16.0. The van der Waals surface area contributed by atoms with E-state index >= 15 is 0 Å². The molecule has 70 heavy (non-hydrogen) atoms. The fourth-order valence-electron chi connectivity index (χ4n) is 10.6. The summed E-state index contributed by atoms with van der Waals surface area (Å²) in [4.78, 5) is 59.1. The van der Waals surface area contributed by atoms with Gasteiger partial charge < -0.3 is 0 Å². The van der Waals surface area contributed by atoms with Crippen LogP contribution in [0.5, 0.6) is 0 Å². The zero-order chi connectivity index (χ0) is 50.9. The highest BCUT2D eigenvalue weighted by atomic mass is 32.1. The van der Waals surface area contributed by atoms with Crippen LogP contribution in [0.2, 0.25) is 0 Å². The van der Waals surface area contributed by atoms with Gasteiger partial charge in [-0.15, -0.1) is 22.7 Å². The molecule has 364 valence electrons. The summed E-state index contributed by atoms with van der Waals surface area (Å²) < 4.78 is 3.13. The maximum Gasteiger partial charge on any atom is 0.199 e. The Hall–Kier alpha value is -5.30. The maximum atomic E-state index is 14.8. The molecule has 0 unspecified atom stereocenters. The standard InChI is InChI=1S/C64H72O4S2/c1-31(2)21-39-17-19-43-49(23-39)61(67)57(59(43)65)53-29-51(55-45(35(9)10)25-41(33(5)6)26-46(55)36(11)12)63(69-53)64-52(56-47(37(13)14)27-42(34(7)8)28-48(56)38(15)16)30-54(70-64)58-60(66)44-20-18-40(22-32(3)4)24-50(44)62(58)68/h17-20,23-38H,21-22H2,1-16H3/b57-53+,58-54+,64-63+. The molecule has 6 heteroatoms. The largest absolute Gasteiger partial charge is 0.288 e. The smallest absolute Gasteiger partial charge is 0.199 e. The van der Waals surface area contributed by atoms with E-state index in [-0.39, 0.29) is 58.0 Å². The Morgan fingerprint density at radius 1 is 0.343 bits per heavy atom. The normalized spacial score (nSPS) is 16.1. The topological polar surface area (TPSA) is 68.3 Å². The van der Waals surface area contributed by atoms with Gasteiger partial charge in [0.2, 0.25) is 0 Å². The molecule has 2 heterocycles. The number of hydrogen-bond acceptors (Lipinski definition) is 6. The second-order valence-electron chi connectivity index (χ2n) is 22.8. The first-order chi connectivity index (χ1) is 33.0. The van der Waals surface area contributed by atoms with Crippen molar-refractivity contribution in [2.45, 2.75) is 159 Å². The van der Waals surface area contributed by atoms with Gasteiger partial charge in [0.25, 0.3) is 0 Å². The molecule has 2 aliphatic rings. The van der Waals surface area contributed by atoms with E-state index in [1.165, 1.54) is 56.1 Å². The fraction of sp³-hybridized carbons (Fsp3) is 0.406. The number of hydrogen-bond donors (Lipinski definition) is 0. The van der Waals surface area contributed by atoms with Crippen molar-refractivity contribution in [3.05, 3.63) is 158 Å². The van der Waals surface area contributed by atoms with Gasteiger partial charge in [0.05, 0.1) is 20.2 Å². The quantitative estimate of drug-likeness (QED) is 0.123. The number of carbonyl (C=O) groups excluding carboxylic acids is 4. The summed E-state index contributed by atoms with van der Waals surface area (Å²) in [6.45, 7) is 35.6. The van der Waals surface area contributed by atoms with Crippen LogP contribution in [0.1, 0.15) is 232 Å². The molecule has 0 atom stereocenters. The monoisotopic (exact) mass is 968 g/mol. The average molecular weight is 969 g/mol. The van der Waals surface area contributed by atoms with Crippen molar-refractivity contribution in [2.75, 3.05) is 0 Å². The molecule has 4 aromatic carbocycles. The molecule has 4 nitrogen and oxygen atoms in total. The van der Waals surface area contributed by atoms with E-state index in [4.69, 9.17) is 0 Å². The summed E-state index contributed by atoms with van der Waals surface area (Å²) in [5.74, 6) is 1.05. The van der Waals surface area contributed by atoms with E-state index in [2.05, 4.69) is 147 Å². The Morgan fingerprint density at radius 3 is 0.914 bits per heavy atom. The van der Waals surface area contributed by atoms with E-state index in [0.29, 0.717) is 55.0 Å². The van der Waals surface area contributed by atoms with Crippen LogP contribution in [0, 0.1) is 20.9 Å². The summed E-state index contributed by atoms with van der Waals surface area (Å²) in [7, 11) is 0. The molecular formula is C64H72O4S2. The highest BCUT2D eigenvalue weighted by Gasteiger charge is 2.37. The van der Waals surface area contributed by atoms with E-state index in [1.807, 2.05) is 36.4 Å². The SMILES string of the molecule is CC(C)Cc1ccc2c(c1)C(=O)/C(=c1\cc(-c3c(C(C)C)cc(C(C)C)cc3C(C)C)/c(=c3\s/c(=C4\C(=O)c5ccc(CC(C)C)cc5C4=O)cc3-c3c(C(C)C)cc(C(C)C)cc3C(C)C)s1)C2=O. The lowest BCUT2D eigenvalue weighted by molar-refractivity contribution is 0.101. The van der Waals surface area contributed by atoms with Crippen LogP contribution in [0.25, 0.3) is 33.4 Å². The molecule has 0 amide bonds. The van der Waals surface area contributed by atoms with Crippen LogP contribution >= 0.6 is 22.7 Å². The van der Waals surface area contributed by atoms with Crippen molar-refractivity contribution in [3.63, 3.8) is 0 Å². The number of rotatable bonds is 12. The third-order valence-electron chi connectivity index (χ3n) is 14.3. The van der Waals surface area contributed by atoms with E-state index in [1.54, 1.807) is 0 Å². The van der Waals surface area contributed by atoms with Crippen LogP contribution in [-0.2, 0) is 12.8 Å². The first kappa shape index (κ1) is 51.1. The van der Waals surface area contributed by atoms with Gasteiger partial charge in [-0.25, -0.2) is 0 Å². The van der Waals surface area contributed by atoms with Crippen molar-refractivity contribution in [3.8, 4) is 22.3 Å². The lowest BCUT2D eigenvalue weighted by Gasteiger charge is -2.23. The van der Waals surface area contributed by atoms with Gasteiger partial charge in [-0.3, -0.25) is 19.2 Å². The van der Waals surface area contributed by atoms with Crippen molar-refractivity contribution in [2.24, 2.45) is 11.8 Å². The van der Waals surface area contributed by atoms with Crippen LogP contribution in [0.4, 0.5) is 0 Å². The van der Waals surface area contributed by atoms with Gasteiger partial charge in [0.1, 0.15) is 0 Å². The van der Waals surface area contributed by atoms with Crippen LogP contribution in [-0.4, -0.2) is 23.1 Å². The first-order valence-electron chi connectivity index (χ1n) is 25.8. The molecule has 0 fully saturated rings. The summed E-state index contributed by atoms with van der Waals surface area (Å²) >= 11 is 3.00. The Bertz CT molecular complexity index is 3080. The van der Waals surface area contributed by atoms with Crippen molar-refractivity contribution < 1.29 is 19.2 Å². The van der Waals surface area contributed by atoms with Crippen LogP contribution in [0.15, 0.2) is 72.8 Å². The fourth-order valence-corrected chi connectivity index (χ4v) is 13.2. The average Bonchev–Trinajstić information content (AvgIpc) is 4.03. The lowest BCUT2D eigenvalue weighted by Crippen LogP contribution is -2.10. The minimum atomic E-state index is -0.244. The van der Waals surface area contributed by atoms with E-state index < -0.39 is 0 Å². The van der Waals surface area contributed by atoms with Gasteiger partial charge in [0, 0.05) is 42.4 Å². The summed E-state index contributed by atoms with van der Waals surface area (Å²) in [6, 6.07) is 25.2. The zero-order valence-electron chi connectivity index (χ0n) is 44.4. The molecule has 6 aromatic rings. The number of carbonyl (C=O) groups is 4. The molecule has 0 N–H and O–H groups in total. The maximum absolute atomic E-state index is 14.8. The van der Waals surface area contributed by atoms with Gasteiger partial charge in [0.15, 0.2) is 23.1 Å². The first-order valence-corrected chi connectivity index (χ1v) is 27.4. The molecule has 0 aliphatic heterocycles. The van der Waals surface area contributed by atoms with Crippen LogP contribution < -0.4 is 9.06 Å². The van der Waals surface area contributed by atoms with Gasteiger partial charge in [-0.05, 0) is 140 Å². The molecule has 2 aliphatic carbocycles. The number of benzene rings is 4. The van der Waals surface area contributed by atoms with Crippen molar-refractivity contribution in [1.82, 2.24) is 0 Å². The Balaban J connectivity index is 1.62. The highest BCUT2D eigenvalue weighted by Crippen LogP contribution is 2.44. The van der Waals surface area contributed by atoms with Gasteiger partial charge in [-0.2, -0.15) is 0 Å². The lowest BCUT2D eigenvalue weighted by atomic mass is 9.81. The molecular weight excluding hydrogens is 897 g/mol. The molecule has 0 spiro atoms. The molecule has 0 saturated carbocycles. The second-order valence-corrected chi connectivity index (χ2v) is 24.9. The highest BCUT2D eigenvalue weighted by molar-refractivity contribution is 7.12. The molecule has 0 saturated heterocycles. The minimum Gasteiger partial charge on any atom is -0.288 e. The van der Waals surface area contributed by atoms with Crippen LogP contribution in [0.3, 0.4) is 0 Å². The molecule has 2 aromatic heterocycles. The molecule has 0 bridgehead atoms. The van der Waals surface area contributed by atoms with Crippen molar-refractivity contribution in [1.29, 1.82) is 0 Å². The zero-order valence-corrected chi connectivity index (χ0v) is 46.0. The Morgan fingerprint density at radius 2 is 0.643 bits per heavy atom. The molecule has 0 radical (unpaired) electrons. The summed E-state index contributed by atoms with van der Waals surface area (Å²) in [5, 5.41) is 0. The summed E-state index contributed by atoms with van der Waals surface area (Å²) in [6.07, 6.45) is 1.62. The van der Waals surface area contributed by atoms with Gasteiger partial charge in [-0.1, -0.05) is 159 Å². The number of ketones is 4. The summed E-state index contributed by atoms with van der Waals surface area (Å²) in [5.41, 5.74) is 15.9. The third kappa shape index (κ3) is 9.24. The molecule has 8 rings (SSSR count). The second kappa shape index (κ2) is 19.7. The number of Topliss-reactive ketones (excluding diaryl/α,β-unsaturated/α-hetero) is 4. The number of thiophene rings is 2.